The Hall–Kier alpha value is -3.05. The monoisotopic (exact) mass is 583 g/mol. The predicted molar refractivity (Wildman–Crippen MR) is 159 cm³/mol. The summed E-state index contributed by atoms with van der Waals surface area (Å²) < 4.78 is 27.9. The number of nitrogens with zero attached hydrogens (tertiary/aromatic N) is 3. The van der Waals surface area contributed by atoms with Crippen molar-refractivity contribution in [2.75, 3.05) is 24.5 Å². The Bertz CT molecular complexity index is 1350. The summed E-state index contributed by atoms with van der Waals surface area (Å²) in [6.07, 6.45) is 10.5. The number of amides is 4. The molecular weight excluding hydrogens is 542 g/mol. The number of imide groups is 1. The van der Waals surface area contributed by atoms with E-state index in [1.807, 2.05) is 13.8 Å². The molecule has 3 fully saturated rings. The van der Waals surface area contributed by atoms with Crippen molar-refractivity contribution in [2.45, 2.75) is 84.1 Å². The van der Waals surface area contributed by atoms with Gasteiger partial charge >= 0.3 is 6.03 Å². The fourth-order valence-electron chi connectivity index (χ4n) is 6.67. The van der Waals surface area contributed by atoms with Crippen LogP contribution in [0, 0.1) is 25.7 Å². The average Bonchev–Trinajstić information content (AvgIpc) is 3.44. The number of carbonyl (C=O) groups excluding carboxylic acids is 3. The van der Waals surface area contributed by atoms with E-state index < -0.39 is 21.6 Å². The molecule has 0 atom stereocenters. The first kappa shape index (κ1) is 29.4. The molecule has 10 nitrogen and oxygen atoms in total. The number of hydrogen-bond acceptors (Lipinski definition) is 6. The Morgan fingerprint density at radius 3 is 2.29 bits per heavy atom. The Balaban J connectivity index is 1.22. The van der Waals surface area contributed by atoms with Crippen LogP contribution in [0.2, 0.25) is 0 Å². The molecule has 0 aromatic heterocycles. The van der Waals surface area contributed by atoms with E-state index in [0.29, 0.717) is 24.1 Å². The third-order valence-corrected chi connectivity index (χ3v) is 10.8. The lowest BCUT2D eigenvalue weighted by atomic mass is 9.79. The van der Waals surface area contributed by atoms with Gasteiger partial charge in [0.15, 0.2) is 0 Å². The summed E-state index contributed by atoms with van der Waals surface area (Å²) in [4.78, 5) is 43.2. The Morgan fingerprint density at radius 2 is 1.71 bits per heavy atom. The van der Waals surface area contributed by atoms with Gasteiger partial charge in [0, 0.05) is 24.4 Å². The largest absolute Gasteiger partial charge is 0.329 e. The molecule has 0 bridgehead atoms. The van der Waals surface area contributed by atoms with Crippen LogP contribution in [0.3, 0.4) is 0 Å². The summed E-state index contributed by atoms with van der Waals surface area (Å²) in [6.45, 7) is 6.27. The van der Waals surface area contributed by atoms with Crippen LogP contribution in [0.4, 0.5) is 10.5 Å². The Labute approximate surface area is 242 Å². The lowest BCUT2D eigenvalue weighted by Gasteiger charge is -2.34. The molecule has 41 heavy (non-hydrogen) atoms. The van der Waals surface area contributed by atoms with E-state index in [-0.39, 0.29) is 37.4 Å². The number of aliphatic imine (C=N–C) groups is 1. The fourth-order valence-corrected chi connectivity index (χ4v) is 7.84. The molecule has 0 radical (unpaired) electrons. The molecule has 2 saturated heterocycles. The van der Waals surface area contributed by atoms with Gasteiger partial charge in [-0.15, -0.1) is 0 Å². The number of anilines is 1. The van der Waals surface area contributed by atoms with E-state index >= 15 is 0 Å². The third-order valence-electron chi connectivity index (χ3n) is 9.19. The van der Waals surface area contributed by atoms with Crippen molar-refractivity contribution in [2.24, 2.45) is 16.8 Å². The number of carbonyl (C=O) groups is 3. The second-order valence-corrected chi connectivity index (χ2v) is 13.8. The molecular formula is C30H41N5O5S. The molecule has 1 saturated carbocycles. The molecule has 1 aromatic carbocycles. The topological polar surface area (TPSA) is 128 Å². The molecule has 4 aliphatic rings. The minimum absolute atomic E-state index is 0.0393. The van der Waals surface area contributed by atoms with E-state index in [4.69, 9.17) is 4.99 Å². The van der Waals surface area contributed by atoms with Crippen LogP contribution in [0.25, 0.3) is 6.08 Å². The molecule has 222 valence electrons. The van der Waals surface area contributed by atoms with Crippen molar-refractivity contribution < 1.29 is 22.8 Å². The third kappa shape index (κ3) is 5.97. The number of unbranched alkanes of at least 4 members (excludes halogenated alkanes) is 1. The van der Waals surface area contributed by atoms with Crippen LogP contribution in [0.1, 0.15) is 81.4 Å². The van der Waals surface area contributed by atoms with Crippen molar-refractivity contribution in [3.8, 4) is 0 Å². The molecule has 11 heteroatoms. The highest BCUT2D eigenvalue weighted by Gasteiger charge is 2.48. The zero-order valence-corrected chi connectivity index (χ0v) is 25.1. The van der Waals surface area contributed by atoms with Gasteiger partial charge in [0.1, 0.15) is 11.4 Å². The van der Waals surface area contributed by atoms with E-state index in [0.717, 1.165) is 40.6 Å². The fraction of sp³-hybridized carbons (Fsp3) is 0.600. The standard InChI is InChI=1S/C30H41N5O5S/c1-4-5-6-22-7-9-23(10-8-22)27-32-28(37)30(33-27)12-14-34(15-13-30)41(39,40)16-11-25-20(2)17-24(18-21(25)3)35-26(36)19-31-29(35)38/h11,16-18,22-23H,4-10,12-15,19H2,1-3H3,(H,31,38)(H,32,33,37). The molecule has 1 aliphatic carbocycles. The number of amidine groups is 1. The molecule has 5 rings (SSSR count). The first-order valence-electron chi connectivity index (χ1n) is 14.8. The van der Waals surface area contributed by atoms with Crippen LogP contribution in [-0.2, 0) is 19.6 Å². The zero-order valence-electron chi connectivity index (χ0n) is 24.2. The summed E-state index contributed by atoms with van der Waals surface area (Å²) >= 11 is 0. The minimum Gasteiger partial charge on any atom is -0.328 e. The smallest absolute Gasteiger partial charge is 0.328 e. The molecule has 1 spiro atoms. The molecule has 3 aliphatic heterocycles. The lowest BCUT2D eigenvalue weighted by molar-refractivity contribution is -0.125. The summed E-state index contributed by atoms with van der Waals surface area (Å²) in [5.74, 6) is 1.45. The van der Waals surface area contributed by atoms with E-state index in [9.17, 15) is 22.8 Å². The van der Waals surface area contributed by atoms with Gasteiger partial charge in [-0.3, -0.25) is 14.6 Å². The molecule has 3 heterocycles. The average molecular weight is 584 g/mol. The van der Waals surface area contributed by atoms with Gasteiger partial charge in [0.05, 0.1) is 12.2 Å². The minimum atomic E-state index is -3.73. The van der Waals surface area contributed by atoms with E-state index in [1.165, 1.54) is 41.8 Å². The van der Waals surface area contributed by atoms with Crippen LogP contribution < -0.4 is 15.5 Å². The normalized spacial score (nSPS) is 25.2. The number of rotatable bonds is 8. The van der Waals surface area contributed by atoms with Crippen LogP contribution >= 0.6 is 0 Å². The van der Waals surface area contributed by atoms with Gasteiger partial charge in [0.2, 0.25) is 10.0 Å². The molecule has 0 unspecified atom stereocenters. The lowest BCUT2D eigenvalue weighted by Crippen LogP contribution is -2.50. The maximum atomic E-state index is 13.2. The van der Waals surface area contributed by atoms with Crippen molar-refractivity contribution in [3.63, 3.8) is 0 Å². The second kappa shape index (κ2) is 11.7. The number of sulfonamides is 1. The van der Waals surface area contributed by atoms with Crippen molar-refractivity contribution in [1.82, 2.24) is 14.9 Å². The number of benzene rings is 1. The Kier molecular flexibility index (Phi) is 8.39. The summed E-state index contributed by atoms with van der Waals surface area (Å²) in [6, 6.07) is 2.95. The van der Waals surface area contributed by atoms with Gasteiger partial charge in [0.25, 0.3) is 11.8 Å². The number of urea groups is 1. The van der Waals surface area contributed by atoms with Crippen molar-refractivity contribution in [1.29, 1.82) is 0 Å². The van der Waals surface area contributed by atoms with E-state index in [1.54, 1.807) is 18.2 Å². The Morgan fingerprint density at radius 1 is 1.05 bits per heavy atom. The van der Waals surface area contributed by atoms with Crippen LogP contribution in [0.5, 0.6) is 0 Å². The first-order valence-corrected chi connectivity index (χ1v) is 16.3. The van der Waals surface area contributed by atoms with Crippen LogP contribution in [-0.4, -0.2) is 61.6 Å². The van der Waals surface area contributed by atoms with E-state index in [2.05, 4.69) is 17.6 Å². The highest BCUT2D eigenvalue weighted by Crippen LogP contribution is 2.37. The molecule has 1 aromatic rings. The number of nitrogens with one attached hydrogen (secondary N) is 2. The highest BCUT2D eigenvalue weighted by molar-refractivity contribution is 7.92. The van der Waals surface area contributed by atoms with Crippen LogP contribution in [0.15, 0.2) is 22.5 Å². The highest BCUT2D eigenvalue weighted by atomic mass is 32.2. The van der Waals surface area contributed by atoms with Crippen molar-refractivity contribution >= 4 is 45.5 Å². The van der Waals surface area contributed by atoms with Gasteiger partial charge in [-0.05, 0) is 93.2 Å². The number of piperidine rings is 1. The number of aryl methyl sites for hydroxylation is 2. The second-order valence-electron chi connectivity index (χ2n) is 12.0. The van der Waals surface area contributed by atoms with Gasteiger partial charge < -0.3 is 10.6 Å². The van der Waals surface area contributed by atoms with Gasteiger partial charge in [-0.25, -0.2) is 18.1 Å². The maximum Gasteiger partial charge on any atom is 0.329 e. The summed E-state index contributed by atoms with van der Waals surface area (Å²) in [5, 5.41) is 6.77. The zero-order chi connectivity index (χ0) is 29.4. The van der Waals surface area contributed by atoms with Crippen molar-refractivity contribution in [3.05, 3.63) is 34.2 Å². The first-order chi connectivity index (χ1) is 19.5. The summed E-state index contributed by atoms with van der Waals surface area (Å²) in [7, 11) is -3.73. The van der Waals surface area contributed by atoms with Gasteiger partial charge in [-0.2, -0.15) is 4.31 Å². The molecule has 4 amide bonds. The predicted octanol–water partition coefficient (Wildman–Crippen LogP) is 4.02. The number of hydrogen-bond donors (Lipinski definition) is 2. The molecule has 2 N–H and O–H groups in total. The summed E-state index contributed by atoms with van der Waals surface area (Å²) in [5.41, 5.74) is 1.81. The SMILES string of the molecule is CCCCC1CCC(C2=NC3(CCN(S(=O)(=O)C=Cc4c(C)cc(N5C(=O)CNC5=O)cc4C)CC3)C(=O)N2)CC1. The maximum absolute atomic E-state index is 13.2. The quantitative estimate of drug-likeness (QED) is 0.447. The van der Waals surface area contributed by atoms with Gasteiger partial charge in [-0.1, -0.05) is 26.2 Å².